The molecule has 5 aromatic carbocycles. The van der Waals surface area contributed by atoms with Crippen molar-refractivity contribution in [2.24, 2.45) is 0 Å². The molecule has 0 fully saturated rings. The van der Waals surface area contributed by atoms with Crippen molar-refractivity contribution in [3.8, 4) is 67.5 Å². The Balaban J connectivity index is 1.34. The van der Waals surface area contributed by atoms with Crippen molar-refractivity contribution in [1.82, 2.24) is 19.9 Å². The average Bonchev–Trinajstić information content (AvgIpc) is 3.34. The molecule has 4 heteroatoms. The predicted octanol–water partition coefficient (Wildman–Crippen LogP) is 9.91. The normalized spacial score (nSPS) is 12.8. The van der Waals surface area contributed by atoms with E-state index in [1.165, 1.54) is 22.3 Å². The third-order valence-electron chi connectivity index (χ3n) is 8.80. The smallest absolute Gasteiger partial charge is 0.164 e. The fraction of sp³-hybridized carbons (Fsp3) is 0.0732. The molecule has 0 radical (unpaired) electrons. The quantitative estimate of drug-likeness (QED) is 0.204. The summed E-state index contributed by atoms with van der Waals surface area (Å²) in [6.45, 7) is 4.63. The number of rotatable bonds is 5. The van der Waals surface area contributed by atoms with Gasteiger partial charge in [-0.15, -0.1) is 0 Å². The van der Waals surface area contributed by atoms with Crippen molar-refractivity contribution in [2.75, 3.05) is 0 Å². The van der Waals surface area contributed by atoms with E-state index in [0.29, 0.717) is 17.5 Å². The Kier molecular flexibility index (Phi) is 6.42. The summed E-state index contributed by atoms with van der Waals surface area (Å²) in [5, 5.41) is 0. The molecule has 1 aliphatic carbocycles. The number of nitrogens with zero attached hydrogens (tertiary/aromatic N) is 4. The number of benzene rings is 5. The monoisotopic (exact) mass is 578 g/mol. The van der Waals surface area contributed by atoms with E-state index in [4.69, 9.17) is 15.0 Å². The first-order chi connectivity index (χ1) is 22.0. The molecule has 0 N–H and O–H groups in total. The topological polar surface area (TPSA) is 51.6 Å². The molecule has 7 aromatic rings. The van der Waals surface area contributed by atoms with Gasteiger partial charge in [0.15, 0.2) is 17.5 Å². The maximum absolute atomic E-state index is 5.04. The Labute approximate surface area is 263 Å². The molecule has 0 spiro atoms. The molecule has 0 amide bonds. The lowest BCUT2D eigenvalue weighted by Crippen LogP contribution is -2.14. The zero-order valence-corrected chi connectivity index (χ0v) is 25.1. The van der Waals surface area contributed by atoms with Gasteiger partial charge in [-0.2, -0.15) is 0 Å². The van der Waals surface area contributed by atoms with Crippen LogP contribution in [0, 0.1) is 0 Å². The minimum absolute atomic E-state index is 0.0419. The highest BCUT2D eigenvalue weighted by atomic mass is 15.0. The zero-order valence-electron chi connectivity index (χ0n) is 25.1. The summed E-state index contributed by atoms with van der Waals surface area (Å²) in [5.74, 6) is 1.91. The van der Waals surface area contributed by atoms with Gasteiger partial charge in [0.2, 0.25) is 0 Å². The van der Waals surface area contributed by atoms with Gasteiger partial charge in [0.1, 0.15) is 0 Å². The lowest BCUT2D eigenvalue weighted by molar-refractivity contribution is 0.660. The van der Waals surface area contributed by atoms with E-state index in [1.807, 2.05) is 72.9 Å². The Morgan fingerprint density at radius 2 is 0.933 bits per heavy atom. The highest BCUT2D eigenvalue weighted by molar-refractivity contribution is 5.86. The third kappa shape index (κ3) is 4.81. The van der Waals surface area contributed by atoms with Crippen molar-refractivity contribution in [3.05, 3.63) is 157 Å². The van der Waals surface area contributed by atoms with Crippen LogP contribution in [-0.4, -0.2) is 19.9 Å². The molecule has 2 heterocycles. The fourth-order valence-corrected chi connectivity index (χ4v) is 6.46. The van der Waals surface area contributed by atoms with Crippen LogP contribution in [0.1, 0.15) is 25.0 Å². The minimum Gasteiger partial charge on any atom is -0.264 e. The van der Waals surface area contributed by atoms with Crippen molar-refractivity contribution in [1.29, 1.82) is 0 Å². The van der Waals surface area contributed by atoms with Crippen molar-refractivity contribution in [3.63, 3.8) is 0 Å². The molecule has 0 saturated carbocycles. The first-order valence-electron chi connectivity index (χ1n) is 15.2. The maximum Gasteiger partial charge on any atom is 0.164 e. The van der Waals surface area contributed by atoms with E-state index in [9.17, 15) is 0 Å². The van der Waals surface area contributed by atoms with Gasteiger partial charge in [0.05, 0.1) is 0 Å². The molecular formula is C41H30N4. The van der Waals surface area contributed by atoms with Crippen LogP contribution in [0.2, 0.25) is 0 Å². The van der Waals surface area contributed by atoms with E-state index >= 15 is 0 Å². The van der Waals surface area contributed by atoms with Crippen LogP contribution in [0.3, 0.4) is 0 Å². The van der Waals surface area contributed by atoms with Gasteiger partial charge in [0.25, 0.3) is 0 Å². The molecule has 2 aromatic heterocycles. The van der Waals surface area contributed by atoms with Gasteiger partial charge in [-0.05, 0) is 69.3 Å². The highest BCUT2D eigenvalue weighted by Crippen LogP contribution is 2.49. The van der Waals surface area contributed by atoms with Crippen LogP contribution in [-0.2, 0) is 5.41 Å². The largest absolute Gasteiger partial charge is 0.264 e. The Morgan fingerprint density at radius 1 is 0.400 bits per heavy atom. The van der Waals surface area contributed by atoms with Gasteiger partial charge in [-0.25, -0.2) is 15.0 Å². The Bertz CT molecular complexity index is 2110. The van der Waals surface area contributed by atoms with Crippen molar-refractivity contribution < 1.29 is 0 Å². The molecule has 45 heavy (non-hydrogen) atoms. The molecule has 0 saturated heterocycles. The van der Waals surface area contributed by atoms with E-state index in [-0.39, 0.29) is 5.41 Å². The number of hydrogen-bond donors (Lipinski definition) is 0. The molecule has 0 unspecified atom stereocenters. The Morgan fingerprint density at radius 3 is 1.58 bits per heavy atom. The molecule has 0 bridgehead atoms. The summed E-state index contributed by atoms with van der Waals surface area (Å²) >= 11 is 0. The molecule has 0 aliphatic heterocycles. The first kappa shape index (κ1) is 26.9. The first-order valence-corrected chi connectivity index (χ1v) is 15.2. The summed E-state index contributed by atoms with van der Waals surface area (Å²) in [6, 6.07) is 46.5. The molecule has 8 rings (SSSR count). The number of hydrogen-bond acceptors (Lipinski definition) is 4. The van der Waals surface area contributed by atoms with E-state index in [2.05, 4.69) is 85.6 Å². The van der Waals surface area contributed by atoms with Crippen LogP contribution in [0.15, 0.2) is 146 Å². The lowest BCUT2D eigenvalue weighted by atomic mass is 9.82. The SMILES string of the molecule is CC1(C)c2ccccc2-c2cc(-c3cc(-c4cccnc4)cc(-c4nc(-c5ccccc5)nc(-c5ccccc5)n4)c3)ccc21. The van der Waals surface area contributed by atoms with Gasteiger partial charge in [-0.3, -0.25) is 4.98 Å². The molecule has 1 aliphatic rings. The average molecular weight is 579 g/mol. The summed E-state index contributed by atoms with van der Waals surface area (Å²) in [5.41, 5.74) is 12.4. The van der Waals surface area contributed by atoms with Crippen LogP contribution in [0.4, 0.5) is 0 Å². The predicted molar refractivity (Wildman–Crippen MR) is 182 cm³/mol. The van der Waals surface area contributed by atoms with Crippen LogP contribution in [0.5, 0.6) is 0 Å². The molecular weight excluding hydrogens is 548 g/mol. The summed E-state index contributed by atoms with van der Waals surface area (Å²) < 4.78 is 0. The second-order valence-corrected chi connectivity index (χ2v) is 12.0. The second kappa shape index (κ2) is 10.8. The highest BCUT2D eigenvalue weighted by Gasteiger charge is 2.35. The van der Waals surface area contributed by atoms with Gasteiger partial charge < -0.3 is 0 Å². The Hall–Kier alpha value is -5.74. The zero-order chi connectivity index (χ0) is 30.4. The molecule has 0 atom stereocenters. The van der Waals surface area contributed by atoms with E-state index in [1.54, 1.807) is 6.20 Å². The van der Waals surface area contributed by atoms with Gasteiger partial charge in [0, 0.05) is 40.1 Å². The summed E-state index contributed by atoms with van der Waals surface area (Å²) in [6.07, 6.45) is 3.71. The fourth-order valence-electron chi connectivity index (χ4n) is 6.46. The molecule has 4 nitrogen and oxygen atoms in total. The summed E-state index contributed by atoms with van der Waals surface area (Å²) in [7, 11) is 0. The standard InChI is InChI=1S/C41H30N4/c1-41(2)36-18-10-9-17-34(36)35-25-29(19-20-37(35)41)31-22-32(30-16-11-21-42-26-30)24-33(23-31)40-44-38(27-12-5-3-6-13-27)43-39(45-40)28-14-7-4-8-15-28/h3-26H,1-2H3. The second-order valence-electron chi connectivity index (χ2n) is 12.0. The number of pyridine rings is 1. The minimum atomic E-state index is -0.0419. The third-order valence-corrected chi connectivity index (χ3v) is 8.80. The van der Waals surface area contributed by atoms with Crippen molar-refractivity contribution in [2.45, 2.75) is 19.3 Å². The van der Waals surface area contributed by atoms with Gasteiger partial charge >= 0.3 is 0 Å². The van der Waals surface area contributed by atoms with Crippen molar-refractivity contribution >= 4 is 0 Å². The lowest BCUT2D eigenvalue weighted by Gasteiger charge is -2.21. The van der Waals surface area contributed by atoms with E-state index in [0.717, 1.165) is 38.9 Å². The summed E-state index contributed by atoms with van der Waals surface area (Å²) in [4.78, 5) is 19.4. The van der Waals surface area contributed by atoms with Gasteiger partial charge in [-0.1, -0.05) is 117 Å². The van der Waals surface area contributed by atoms with E-state index < -0.39 is 0 Å². The molecule has 214 valence electrons. The number of aromatic nitrogens is 4. The van der Waals surface area contributed by atoms with Crippen LogP contribution >= 0.6 is 0 Å². The van der Waals surface area contributed by atoms with Crippen LogP contribution in [0.25, 0.3) is 67.5 Å². The number of fused-ring (bicyclic) bond motifs is 3. The van der Waals surface area contributed by atoms with Crippen LogP contribution < -0.4 is 0 Å². The maximum atomic E-state index is 5.04.